The molecular weight excluding hydrogens is 540 g/mol. The van der Waals surface area contributed by atoms with Gasteiger partial charge in [0.05, 0.1) is 24.7 Å². The third-order valence-electron chi connectivity index (χ3n) is 8.08. The van der Waals surface area contributed by atoms with Gasteiger partial charge in [-0.3, -0.25) is 0 Å². The van der Waals surface area contributed by atoms with Crippen molar-refractivity contribution in [3.05, 3.63) is 34.2 Å². The van der Waals surface area contributed by atoms with E-state index in [1.165, 1.54) is 5.56 Å². The quantitative estimate of drug-likeness (QED) is 0.189. The number of ether oxygens (including phenoxy) is 6. The van der Waals surface area contributed by atoms with E-state index in [2.05, 4.69) is 33.8 Å². The summed E-state index contributed by atoms with van der Waals surface area (Å²) in [6.45, 7) is 12.1. The summed E-state index contributed by atoms with van der Waals surface area (Å²) in [5, 5.41) is 11.3. The Hall–Kier alpha value is -1.10. The molecule has 1 fully saturated rings. The molecule has 1 saturated heterocycles. The summed E-state index contributed by atoms with van der Waals surface area (Å²) in [5.41, 5.74) is 2.14. The monoisotopic (exact) mass is 592 g/mol. The van der Waals surface area contributed by atoms with Crippen molar-refractivity contribution in [3.8, 4) is 0 Å². The number of hydrogen-bond acceptors (Lipinski definition) is 8. The van der Waals surface area contributed by atoms with Gasteiger partial charge in [-0.15, -0.1) is 11.3 Å². The van der Waals surface area contributed by atoms with Crippen LogP contribution in [0.25, 0.3) is 10.1 Å². The normalized spacial score (nSPS) is 26.2. The number of aliphatic hydroxyl groups is 1. The molecule has 0 amide bonds. The second-order valence-corrected chi connectivity index (χ2v) is 12.3. The van der Waals surface area contributed by atoms with Gasteiger partial charge in [-0.25, -0.2) is 0 Å². The third-order valence-corrected chi connectivity index (χ3v) is 9.50. The van der Waals surface area contributed by atoms with Crippen LogP contribution in [0.15, 0.2) is 18.2 Å². The van der Waals surface area contributed by atoms with Gasteiger partial charge in [0, 0.05) is 31.1 Å². The van der Waals surface area contributed by atoms with Crippen molar-refractivity contribution in [2.75, 3.05) is 39.6 Å². The molecule has 41 heavy (non-hydrogen) atoms. The predicted molar refractivity (Wildman–Crippen MR) is 164 cm³/mol. The van der Waals surface area contributed by atoms with Gasteiger partial charge in [0.15, 0.2) is 0 Å². The molecule has 5 atom stereocenters. The molecule has 0 saturated carbocycles. The smallest absolute Gasteiger partial charge is 0.235 e. The van der Waals surface area contributed by atoms with Crippen LogP contribution in [0.4, 0.5) is 0 Å². The summed E-state index contributed by atoms with van der Waals surface area (Å²) < 4.78 is 41.2. The van der Waals surface area contributed by atoms with Crippen LogP contribution < -0.4 is 0 Å². The fourth-order valence-electron chi connectivity index (χ4n) is 5.76. The molecule has 1 N–H and O–H groups in total. The lowest BCUT2D eigenvalue weighted by molar-refractivity contribution is -0.389. The van der Waals surface area contributed by atoms with E-state index in [4.69, 9.17) is 28.4 Å². The highest BCUT2D eigenvalue weighted by atomic mass is 32.1. The summed E-state index contributed by atoms with van der Waals surface area (Å²) in [7, 11) is 0. The van der Waals surface area contributed by atoms with Crippen molar-refractivity contribution >= 4 is 21.4 Å². The van der Waals surface area contributed by atoms with E-state index >= 15 is 0 Å². The number of rotatable bonds is 18. The fraction of sp³-hybridized carbons (Fsp3) is 0.758. The van der Waals surface area contributed by atoms with Crippen LogP contribution in [-0.2, 0) is 47.2 Å². The van der Waals surface area contributed by atoms with Gasteiger partial charge in [0.1, 0.15) is 24.4 Å². The van der Waals surface area contributed by atoms with Crippen molar-refractivity contribution in [2.24, 2.45) is 0 Å². The van der Waals surface area contributed by atoms with E-state index in [0.717, 1.165) is 78.3 Å². The average Bonchev–Trinajstić information content (AvgIpc) is 3.38. The van der Waals surface area contributed by atoms with Crippen molar-refractivity contribution in [1.29, 1.82) is 0 Å². The second kappa shape index (κ2) is 16.7. The molecule has 8 heteroatoms. The van der Waals surface area contributed by atoms with Crippen LogP contribution in [-0.4, -0.2) is 69.2 Å². The highest BCUT2D eigenvalue weighted by Gasteiger charge is 2.61. The minimum atomic E-state index is -1.14. The Morgan fingerprint density at radius 2 is 1.54 bits per heavy atom. The molecule has 232 valence electrons. The van der Waals surface area contributed by atoms with Gasteiger partial charge in [-0.05, 0) is 48.6 Å². The second-order valence-electron chi connectivity index (χ2n) is 11.2. The van der Waals surface area contributed by atoms with Crippen molar-refractivity contribution < 1.29 is 33.5 Å². The van der Waals surface area contributed by atoms with Crippen LogP contribution in [0.3, 0.4) is 0 Å². The van der Waals surface area contributed by atoms with E-state index in [1.807, 2.05) is 12.1 Å². The summed E-state index contributed by atoms with van der Waals surface area (Å²) >= 11 is 1.66. The highest BCUT2D eigenvalue weighted by molar-refractivity contribution is 7.19. The van der Waals surface area contributed by atoms with E-state index in [-0.39, 0.29) is 24.9 Å². The van der Waals surface area contributed by atoms with Crippen LogP contribution >= 0.6 is 11.3 Å². The Bertz CT molecular complexity index is 1040. The number of unbranched alkanes of at least 4 members (excludes halogenated alkanes) is 4. The Morgan fingerprint density at radius 1 is 0.878 bits per heavy atom. The molecule has 3 heterocycles. The highest BCUT2D eigenvalue weighted by Crippen LogP contribution is 2.51. The molecule has 0 radical (unpaired) electrons. The first-order valence-electron chi connectivity index (χ1n) is 16.0. The average molecular weight is 593 g/mol. The molecule has 0 aliphatic carbocycles. The van der Waals surface area contributed by atoms with Gasteiger partial charge in [0.2, 0.25) is 5.79 Å². The number of thiophene rings is 1. The molecule has 1 spiro atoms. The molecule has 4 rings (SSSR count). The number of benzene rings is 1. The van der Waals surface area contributed by atoms with E-state index in [1.54, 1.807) is 11.3 Å². The molecule has 1 unspecified atom stereocenters. The first-order chi connectivity index (χ1) is 20.1. The number of aliphatic hydroxyl groups excluding tert-OH is 1. The van der Waals surface area contributed by atoms with Gasteiger partial charge >= 0.3 is 0 Å². The molecule has 7 nitrogen and oxygen atoms in total. The van der Waals surface area contributed by atoms with Crippen molar-refractivity contribution in [3.63, 3.8) is 0 Å². The van der Waals surface area contributed by atoms with Gasteiger partial charge in [0.25, 0.3) is 0 Å². The molecule has 2 aliphatic rings. The lowest BCUT2D eigenvalue weighted by Gasteiger charge is -2.53. The molecule has 1 aromatic heterocycles. The van der Waals surface area contributed by atoms with Gasteiger partial charge in [-0.1, -0.05) is 71.6 Å². The zero-order chi connectivity index (χ0) is 29.1. The molecule has 1 aromatic carbocycles. The zero-order valence-electron chi connectivity index (χ0n) is 25.7. The van der Waals surface area contributed by atoms with E-state index in [0.29, 0.717) is 39.6 Å². The number of hydrogen-bond donors (Lipinski definition) is 1. The van der Waals surface area contributed by atoms with E-state index in [9.17, 15) is 5.11 Å². The van der Waals surface area contributed by atoms with Crippen LogP contribution in [0.5, 0.6) is 0 Å². The topological polar surface area (TPSA) is 75.6 Å². The Morgan fingerprint density at radius 3 is 2.22 bits per heavy atom. The SMILES string of the molecule is CCCCOC[C@H]1OC2(OCCc3c2sc2c(CO)cccc32)[C@H](OCCCC)[C@@H](OCCCC)[C@@H]1OCCCC. The Kier molecular flexibility index (Phi) is 13.3. The maximum absolute atomic E-state index is 10.1. The maximum atomic E-state index is 10.1. The minimum Gasteiger partial charge on any atom is -0.392 e. The maximum Gasteiger partial charge on any atom is 0.235 e. The van der Waals surface area contributed by atoms with Gasteiger partial charge in [-0.2, -0.15) is 0 Å². The first-order valence-corrected chi connectivity index (χ1v) is 16.9. The van der Waals surface area contributed by atoms with Crippen LogP contribution in [0.1, 0.15) is 95.1 Å². The van der Waals surface area contributed by atoms with Crippen LogP contribution in [0, 0.1) is 0 Å². The van der Waals surface area contributed by atoms with Crippen molar-refractivity contribution in [1.82, 2.24) is 0 Å². The van der Waals surface area contributed by atoms with Crippen molar-refractivity contribution in [2.45, 2.75) is 122 Å². The zero-order valence-corrected chi connectivity index (χ0v) is 26.5. The first kappa shape index (κ1) is 32.8. The van der Waals surface area contributed by atoms with Crippen LogP contribution in [0.2, 0.25) is 0 Å². The van der Waals surface area contributed by atoms with Gasteiger partial charge < -0.3 is 33.5 Å². The molecular formula is C33H52O7S. The summed E-state index contributed by atoms with van der Waals surface area (Å²) in [6.07, 6.45) is 7.24. The summed E-state index contributed by atoms with van der Waals surface area (Å²) in [4.78, 5) is 1.02. The minimum absolute atomic E-state index is 0.00807. The standard InChI is InChI=1S/C33H52O7S/c1-5-9-17-35-23-27-28(36-18-10-6-2)29(37-19-11-7-3)31(38-20-12-8-4)33(40-27)32-26(16-21-39-33)25-15-13-14-24(22-34)30(25)41-32/h13-15,27-29,31,34H,5-12,16-23H2,1-4H3/t27-,28-,29+,31-,33?/m1/s1. The lowest BCUT2D eigenvalue weighted by atomic mass is 9.87. The number of fused-ring (bicyclic) bond motifs is 4. The Labute approximate surface area is 250 Å². The van der Waals surface area contributed by atoms with E-state index < -0.39 is 11.9 Å². The summed E-state index contributed by atoms with van der Waals surface area (Å²) in [5.74, 6) is -1.14. The lowest BCUT2D eigenvalue weighted by Crippen LogP contribution is -2.67. The molecule has 2 aliphatic heterocycles. The Balaban J connectivity index is 1.81. The molecule has 2 aromatic rings. The largest absolute Gasteiger partial charge is 0.392 e. The summed E-state index contributed by atoms with van der Waals surface area (Å²) in [6, 6.07) is 6.17. The predicted octanol–water partition coefficient (Wildman–Crippen LogP) is 6.89. The third kappa shape index (κ3) is 7.52. The fourth-order valence-corrected chi connectivity index (χ4v) is 7.23. The molecule has 0 bridgehead atoms.